The van der Waals surface area contributed by atoms with E-state index < -0.39 is 30.0 Å². The second kappa shape index (κ2) is 9.80. The highest BCUT2D eigenvalue weighted by Crippen LogP contribution is 2.42. The number of hydrogen-bond donors (Lipinski definition) is 5. The zero-order chi connectivity index (χ0) is 26.4. The molecule has 196 valence electrons. The van der Waals surface area contributed by atoms with Gasteiger partial charge in [-0.3, -0.25) is 0 Å². The quantitative estimate of drug-likeness (QED) is 0.210. The Hall–Kier alpha value is -2.84. The molecule has 1 saturated carbocycles. The number of anilines is 2. The minimum absolute atomic E-state index is 0.0270. The summed E-state index contributed by atoms with van der Waals surface area (Å²) in [5, 5.41) is 40.2. The number of thiophene rings is 1. The van der Waals surface area contributed by atoms with Crippen molar-refractivity contribution in [3.05, 3.63) is 52.3 Å². The Morgan fingerprint density at radius 3 is 2.62 bits per heavy atom. The van der Waals surface area contributed by atoms with E-state index in [2.05, 4.69) is 25.6 Å². The molecule has 13 heteroatoms. The van der Waals surface area contributed by atoms with Crippen molar-refractivity contribution in [1.29, 1.82) is 0 Å². The standard InChI is InChI=1S/C24H24F3N5O3S2/c1-12-17(21-29-15-4-2-3-5-16(15)37-21)20(32-23(35)8-6-13(10-33)19(23)34)31-22(28-12)30-18(24(25,26)27)14-7-9-36-11-14/h2-5,7,9,11,13,18-19,33-35H,6,8,10H2,1H3,(H2,28,30,31,32). The van der Waals surface area contributed by atoms with Gasteiger partial charge in [0.25, 0.3) is 0 Å². The lowest BCUT2D eigenvalue weighted by molar-refractivity contribution is -0.144. The number of alkyl halides is 3. The first-order valence-corrected chi connectivity index (χ1v) is 13.2. The fraction of sp³-hybridized carbons (Fsp3) is 0.375. The molecule has 0 aliphatic heterocycles. The molecule has 0 bridgehead atoms. The van der Waals surface area contributed by atoms with Gasteiger partial charge in [0.05, 0.1) is 21.5 Å². The third-order valence-corrected chi connectivity index (χ3v) is 8.23. The molecular formula is C24H24F3N5O3S2. The van der Waals surface area contributed by atoms with Crippen LogP contribution in [0.15, 0.2) is 41.1 Å². The van der Waals surface area contributed by atoms with Crippen LogP contribution in [-0.2, 0) is 0 Å². The van der Waals surface area contributed by atoms with Crippen LogP contribution in [0.3, 0.4) is 0 Å². The van der Waals surface area contributed by atoms with E-state index in [1.165, 1.54) is 22.8 Å². The molecular weight excluding hydrogens is 527 g/mol. The summed E-state index contributed by atoms with van der Waals surface area (Å²) >= 11 is 2.49. The van der Waals surface area contributed by atoms with E-state index in [-0.39, 0.29) is 30.4 Å². The molecule has 37 heavy (non-hydrogen) atoms. The molecule has 4 atom stereocenters. The number of rotatable bonds is 7. The number of halogens is 3. The number of nitrogens with one attached hydrogen (secondary N) is 2. The van der Waals surface area contributed by atoms with Crippen molar-refractivity contribution in [2.75, 3.05) is 17.2 Å². The predicted octanol–water partition coefficient (Wildman–Crippen LogP) is 4.70. The first kappa shape index (κ1) is 25.8. The highest BCUT2D eigenvalue weighted by molar-refractivity contribution is 7.21. The monoisotopic (exact) mass is 551 g/mol. The minimum atomic E-state index is -4.62. The number of nitrogens with zero attached hydrogens (tertiary/aromatic N) is 3. The van der Waals surface area contributed by atoms with Crippen LogP contribution in [0.4, 0.5) is 24.9 Å². The zero-order valence-corrected chi connectivity index (χ0v) is 21.2. The van der Waals surface area contributed by atoms with Crippen LogP contribution >= 0.6 is 22.7 Å². The van der Waals surface area contributed by atoms with Crippen molar-refractivity contribution in [1.82, 2.24) is 15.0 Å². The maximum atomic E-state index is 13.9. The van der Waals surface area contributed by atoms with E-state index in [1.807, 2.05) is 24.3 Å². The molecule has 0 saturated heterocycles. The maximum absolute atomic E-state index is 13.9. The summed E-state index contributed by atoms with van der Waals surface area (Å²) in [4.78, 5) is 13.3. The Bertz CT molecular complexity index is 1370. The number of aromatic nitrogens is 3. The summed E-state index contributed by atoms with van der Waals surface area (Å²) in [7, 11) is 0. The summed E-state index contributed by atoms with van der Waals surface area (Å²) in [5.74, 6) is -0.828. The smallest absolute Gasteiger partial charge is 0.396 e. The van der Waals surface area contributed by atoms with Gasteiger partial charge >= 0.3 is 6.18 Å². The largest absolute Gasteiger partial charge is 0.412 e. The predicted molar refractivity (Wildman–Crippen MR) is 137 cm³/mol. The minimum Gasteiger partial charge on any atom is -0.396 e. The molecule has 0 amide bonds. The van der Waals surface area contributed by atoms with E-state index in [4.69, 9.17) is 0 Å². The van der Waals surface area contributed by atoms with Crippen LogP contribution in [0.2, 0.25) is 0 Å². The lowest BCUT2D eigenvalue weighted by Crippen LogP contribution is -2.48. The van der Waals surface area contributed by atoms with Crippen molar-refractivity contribution in [3.8, 4) is 10.6 Å². The summed E-state index contributed by atoms with van der Waals surface area (Å²) in [6.07, 6.45) is -5.49. The van der Waals surface area contributed by atoms with Crippen LogP contribution in [0.5, 0.6) is 0 Å². The normalized spacial score (nSPS) is 22.9. The fourth-order valence-corrected chi connectivity index (χ4v) is 6.27. The summed E-state index contributed by atoms with van der Waals surface area (Å²) in [6.45, 7) is 1.30. The van der Waals surface area contributed by atoms with Crippen LogP contribution in [0.25, 0.3) is 20.8 Å². The van der Waals surface area contributed by atoms with Crippen LogP contribution < -0.4 is 10.6 Å². The van der Waals surface area contributed by atoms with E-state index in [1.54, 1.807) is 12.3 Å². The SMILES string of the molecule is Cc1nc(NC(c2ccsc2)C(F)(F)F)nc(NC2(O)CCC(CO)C2O)c1-c1nc2ccccc2s1. The van der Waals surface area contributed by atoms with Gasteiger partial charge in [-0.1, -0.05) is 12.1 Å². The molecule has 1 fully saturated rings. The summed E-state index contributed by atoms with van der Waals surface area (Å²) < 4.78 is 42.6. The van der Waals surface area contributed by atoms with Gasteiger partial charge in [0, 0.05) is 12.5 Å². The van der Waals surface area contributed by atoms with Gasteiger partial charge in [-0.2, -0.15) is 29.5 Å². The number of hydrogen-bond acceptors (Lipinski definition) is 10. The maximum Gasteiger partial charge on any atom is 0.412 e. The molecule has 1 aromatic carbocycles. The summed E-state index contributed by atoms with van der Waals surface area (Å²) in [6, 6.07) is 6.78. The van der Waals surface area contributed by atoms with Gasteiger partial charge < -0.3 is 26.0 Å². The van der Waals surface area contributed by atoms with Gasteiger partial charge in [0.2, 0.25) is 5.95 Å². The van der Waals surface area contributed by atoms with Crippen molar-refractivity contribution in [3.63, 3.8) is 0 Å². The highest BCUT2D eigenvalue weighted by atomic mass is 32.1. The number of aliphatic hydroxyl groups excluding tert-OH is 2. The topological polar surface area (TPSA) is 123 Å². The molecule has 8 nitrogen and oxygen atoms in total. The zero-order valence-electron chi connectivity index (χ0n) is 19.5. The Morgan fingerprint density at radius 2 is 1.97 bits per heavy atom. The van der Waals surface area contributed by atoms with E-state index in [0.29, 0.717) is 22.7 Å². The molecule has 1 aliphatic rings. The second-order valence-corrected chi connectivity index (χ2v) is 10.8. The van der Waals surface area contributed by atoms with Gasteiger partial charge in [-0.05, 0) is 54.3 Å². The van der Waals surface area contributed by atoms with Gasteiger partial charge in [-0.15, -0.1) is 11.3 Å². The number of aryl methyl sites for hydroxylation is 1. The lowest BCUT2D eigenvalue weighted by atomic mass is 10.0. The summed E-state index contributed by atoms with van der Waals surface area (Å²) in [5.41, 5.74) is -0.365. The molecule has 0 spiro atoms. The molecule has 5 N–H and O–H groups in total. The van der Waals surface area contributed by atoms with Gasteiger partial charge in [0.1, 0.15) is 16.9 Å². The second-order valence-electron chi connectivity index (χ2n) is 8.99. The van der Waals surface area contributed by atoms with E-state index in [0.717, 1.165) is 21.6 Å². The average molecular weight is 552 g/mol. The van der Waals surface area contributed by atoms with Gasteiger partial charge in [0.15, 0.2) is 11.8 Å². The molecule has 4 unspecified atom stereocenters. The van der Waals surface area contributed by atoms with Crippen molar-refractivity contribution >= 4 is 44.7 Å². The highest BCUT2D eigenvalue weighted by Gasteiger charge is 2.47. The Kier molecular flexibility index (Phi) is 6.83. The van der Waals surface area contributed by atoms with Crippen LogP contribution in [-0.4, -0.2) is 54.9 Å². The van der Waals surface area contributed by atoms with Crippen LogP contribution in [0, 0.1) is 12.8 Å². The molecule has 1 aliphatic carbocycles. The lowest BCUT2D eigenvalue weighted by Gasteiger charge is -2.31. The van der Waals surface area contributed by atoms with E-state index in [9.17, 15) is 28.5 Å². The Morgan fingerprint density at radius 1 is 1.19 bits per heavy atom. The number of fused-ring (bicyclic) bond motifs is 1. The molecule has 3 heterocycles. The van der Waals surface area contributed by atoms with Crippen molar-refractivity contribution in [2.45, 2.75) is 43.8 Å². The van der Waals surface area contributed by atoms with E-state index >= 15 is 0 Å². The molecule has 3 aromatic heterocycles. The number of benzene rings is 1. The van der Waals surface area contributed by atoms with Crippen LogP contribution in [0.1, 0.15) is 30.1 Å². The average Bonchev–Trinajstić information content (AvgIpc) is 3.57. The molecule has 0 radical (unpaired) electrons. The Labute approximate surface area is 217 Å². The third kappa shape index (κ3) is 5.01. The van der Waals surface area contributed by atoms with Gasteiger partial charge in [-0.25, -0.2) is 9.97 Å². The first-order chi connectivity index (χ1) is 17.6. The third-order valence-electron chi connectivity index (χ3n) is 6.48. The molecule has 5 rings (SSSR count). The van der Waals surface area contributed by atoms with Crippen molar-refractivity contribution in [2.24, 2.45) is 5.92 Å². The first-order valence-electron chi connectivity index (χ1n) is 11.5. The number of para-hydroxylation sites is 1. The fourth-order valence-electron chi connectivity index (χ4n) is 4.52. The number of aliphatic hydroxyl groups is 3. The number of thiazole rings is 1. The molecule has 4 aromatic rings. The Balaban J connectivity index is 1.60. The van der Waals surface area contributed by atoms with Crippen molar-refractivity contribution < 1.29 is 28.5 Å².